The number of carbonyl (C=O) groups excluding carboxylic acids is 1. The summed E-state index contributed by atoms with van der Waals surface area (Å²) in [7, 11) is 0. The molecule has 3 N–H and O–H groups in total. The summed E-state index contributed by atoms with van der Waals surface area (Å²) < 4.78 is 13.5. The van der Waals surface area contributed by atoms with Gasteiger partial charge in [0.25, 0.3) is 0 Å². The molecule has 92 valence electrons. The van der Waals surface area contributed by atoms with Crippen molar-refractivity contribution in [1.82, 2.24) is 0 Å². The van der Waals surface area contributed by atoms with E-state index in [1.165, 1.54) is 12.1 Å². The van der Waals surface area contributed by atoms with E-state index in [9.17, 15) is 9.18 Å². The summed E-state index contributed by atoms with van der Waals surface area (Å²) in [6.45, 7) is 2.06. The molecule has 1 aromatic carbocycles. The van der Waals surface area contributed by atoms with Crippen LogP contribution in [-0.4, -0.2) is 5.91 Å². The van der Waals surface area contributed by atoms with Crippen LogP contribution >= 0.6 is 0 Å². The molecular weight excluding hydrogens is 219 g/mol. The molecule has 0 heterocycles. The number of nitrogens with one attached hydrogen (secondary N) is 1. The summed E-state index contributed by atoms with van der Waals surface area (Å²) >= 11 is 0. The summed E-state index contributed by atoms with van der Waals surface area (Å²) in [6, 6.07) is 4.40. The molecule has 0 saturated heterocycles. The second kappa shape index (κ2) is 4.73. The lowest BCUT2D eigenvalue weighted by atomic mass is 9.97. The van der Waals surface area contributed by atoms with Gasteiger partial charge in [-0.15, -0.1) is 0 Å². The molecule has 0 radical (unpaired) electrons. The molecule has 1 aromatic rings. The van der Waals surface area contributed by atoms with Crippen molar-refractivity contribution in [2.24, 2.45) is 11.8 Å². The molecule has 17 heavy (non-hydrogen) atoms. The topological polar surface area (TPSA) is 55.1 Å². The smallest absolute Gasteiger partial charge is 0.227 e. The van der Waals surface area contributed by atoms with Crippen LogP contribution < -0.4 is 11.1 Å². The third-order valence-electron chi connectivity index (χ3n) is 3.49. The summed E-state index contributed by atoms with van der Waals surface area (Å²) in [5.41, 5.74) is 6.02. The fraction of sp³-hybridized carbons (Fsp3) is 0.462. The van der Waals surface area contributed by atoms with Crippen LogP contribution in [-0.2, 0) is 4.79 Å². The molecule has 1 fully saturated rings. The number of carbonyl (C=O) groups is 1. The highest BCUT2D eigenvalue weighted by Crippen LogP contribution is 2.33. The van der Waals surface area contributed by atoms with E-state index in [0.717, 1.165) is 19.3 Å². The number of hydrogen-bond acceptors (Lipinski definition) is 2. The van der Waals surface area contributed by atoms with Crippen LogP contribution in [0.3, 0.4) is 0 Å². The molecule has 1 aliphatic rings. The van der Waals surface area contributed by atoms with E-state index in [0.29, 0.717) is 5.92 Å². The maximum absolute atomic E-state index is 13.5. The van der Waals surface area contributed by atoms with Gasteiger partial charge in [-0.25, -0.2) is 4.39 Å². The van der Waals surface area contributed by atoms with E-state index in [1.54, 1.807) is 6.07 Å². The molecule has 2 unspecified atom stereocenters. The molecule has 0 aliphatic heterocycles. The first-order valence-electron chi connectivity index (χ1n) is 5.94. The number of nitrogen functional groups attached to an aromatic ring is 1. The van der Waals surface area contributed by atoms with Gasteiger partial charge in [-0.05, 0) is 30.9 Å². The van der Waals surface area contributed by atoms with Gasteiger partial charge in [-0.2, -0.15) is 0 Å². The molecule has 2 rings (SSSR count). The van der Waals surface area contributed by atoms with E-state index in [2.05, 4.69) is 12.2 Å². The van der Waals surface area contributed by atoms with Gasteiger partial charge in [-0.1, -0.05) is 19.4 Å². The van der Waals surface area contributed by atoms with Crippen LogP contribution in [0.5, 0.6) is 0 Å². The van der Waals surface area contributed by atoms with Gasteiger partial charge in [0.05, 0.1) is 5.69 Å². The van der Waals surface area contributed by atoms with Crippen molar-refractivity contribution in [1.29, 1.82) is 0 Å². The van der Waals surface area contributed by atoms with Crippen LogP contribution in [0.25, 0.3) is 0 Å². The Morgan fingerprint density at radius 3 is 2.82 bits per heavy atom. The molecule has 3 nitrogen and oxygen atoms in total. The van der Waals surface area contributed by atoms with E-state index in [1.807, 2.05) is 0 Å². The van der Waals surface area contributed by atoms with Crippen molar-refractivity contribution in [3.05, 3.63) is 24.0 Å². The number of benzene rings is 1. The highest BCUT2D eigenvalue weighted by molar-refractivity contribution is 5.95. The Morgan fingerprint density at radius 1 is 1.47 bits per heavy atom. The van der Waals surface area contributed by atoms with Crippen LogP contribution in [0.1, 0.15) is 26.2 Å². The molecule has 1 saturated carbocycles. The molecular formula is C13H17FN2O. The average molecular weight is 236 g/mol. The number of rotatable bonds is 2. The van der Waals surface area contributed by atoms with Crippen molar-refractivity contribution in [2.45, 2.75) is 26.2 Å². The normalized spacial score (nSPS) is 23.6. The second-order valence-corrected chi connectivity index (χ2v) is 4.71. The number of anilines is 2. The van der Waals surface area contributed by atoms with Gasteiger partial charge in [0.1, 0.15) is 11.5 Å². The Labute approximate surface area is 100 Å². The predicted molar refractivity (Wildman–Crippen MR) is 65.9 cm³/mol. The van der Waals surface area contributed by atoms with Crippen LogP contribution in [0, 0.1) is 17.7 Å². The van der Waals surface area contributed by atoms with Crippen LogP contribution in [0.4, 0.5) is 15.8 Å². The lowest BCUT2D eigenvalue weighted by Crippen LogP contribution is -2.25. The molecule has 1 amide bonds. The summed E-state index contributed by atoms with van der Waals surface area (Å²) in [6.07, 6.45) is 3.00. The zero-order chi connectivity index (χ0) is 12.4. The Bertz CT molecular complexity index is 413. The maximum Gasteiger partial charge on any atom is 0.227 e. The van der Waals surface area contributed by atoms with Crippen LogP contribution in [0.2, 0.25) is 0 Å². The van der Waals surface area contributed by atoms with Gasteiger partial charge in [0, 0.05) is 5.92 Å². The van der Waals surface area contributed by atoms with E-state index >= 15 is 0 Å². The zero-order valence-corrected chi connectivity index (χ0v) is 9.87. The first kappa shape index (κ1) is 11.9. The van der Waals surface area contributed by atoms with Crippen molar-refractivity contribution in [3.8, 4) is 0 Å². The summed E-state index contributed by atoms with van der Waals surface area (Å²) in [5, 5.41) is 2.61. The quantitative estimate of drug-likeness (QED) is 0.776. The standard InChI is InChI=1S/C13H17FN2O/c1-8-4-2-5-9(8)13(17)16-12-10(14)6-3-7-11(12)15/h3,6-9H,2,4-5,15H2,1H3,(H,16,17). The Morgan fingerprint density at radius 2 is 2.24 bits per heavy atom. The van der Waals surface area contributed by atoms with E-state index < -0.39 is 5.82 Å². The third-order valence-corrected chi connectivity index (χ3v) is 3.49. The van der Waals surface area contributed by atoms with Gasteiger partial charge >= 0.3 is 0 Å². The number of para-hydroxylation sites is 1. The van der Waals surface area contributed by atoms with Crippen LogP contribution in [0.15, 0.2) is 18.2 Å². The molecule has 2 atom stereocenters. The first-order chi connectivity index (χ1) is 8.09. The van der Waals surface area contributed by atoms with Crippen molar-refractivity contribution >= 4 is 17.3 Å². The lowest BCUT2D eigenvalue weighted by molar-refractivity contribution is -0.120. The Balaban J connectivity index is 2.13. The van der Waals surface area contributed by atoms with Crippen molar-refractivity contribution in [3.63, 3.8) is 0 Å². The van der Waals surface area contributed by atoms with Gasteiger partial charge < -0.3 is 11.1 Å². The highest BCUT2D eigenvalue weighted by Gasteiger charge is 2.30. The number of nitrogens with two attached hydrogens (primary N) is 1. The molecule has 4 heteroatoms. The Hall–Kier alpha value is -1.58. The minimum atomic E-state index is -0.482. The van der Waals surface area contributed by atoms with Crippen molar-refractivity contribution < 1.29 is 9.18 Å². The molecule has 0 spiro atoms. The second-order valence-electron chi connectivity index (χ2n) is 4.71. The molecule has 0 bridgehead atoms. The average Bonchev–Trinajstić information content (AvgIpc) is 2.70. The third kappa shape index (κ3) is 2.40. The first-order valence-corrected chi connectivity index (χ1v) is 5.94. The maximum atomic E-state index is 13.5. The SMILES string of the molecule is CC1CCCC1C(=O)Nc1c(N)cccc1F. The van der Waals surface area contributed by atoms with Gasteiger partial charge in [0.15, 0.2) is 0 Å². The summed E-state index contributed by atoms with van der Waals surface area (Å²) in [4.78, 5) is 12.0. The van der Waals surface area contributed by atoms with Gasteiger partial charge in [-0.3, -0.25) is 4.79 Å². The number of hydrogen-bond donors (Lipinski definition) is 2. The zero-order valence-electron chi connectivity index (χ0n) is 9.87. The minimum absolute atomic E-state index is 0.0194. The van der Waals surface area contributed by atoms with Gasteiger partial charge in [0.2, 0.25) is 5.91 Å². The lowest BCUT2D eigenvalue weighted by Gasteiger charge is -2.16. The fourth-order valence-electron chi connectivity index (χ4n) is 2.42. The fourth-order valence-corrected chi connectivity index (χ4v) is 2.42. The Kier molecular flexibility index (Phi) is 3.31. The number of halogens is 1. The van der Waals surface area contributed by atoms with Crippen molar-refractivity contribution in [2.75, 3.05) is 11.1 Å². The predicted octanol–water partition coefficient (Wildman–Crippen LogP) is 2.78. The minimum Gasteiger partial charge on any atom is -0.397 e. The summed E-state index contributed by atoms with van der Waals surface area (Å²) in [5.74, 6) is -0.257. The number of amides is 1. The highest BCUT2D eigenvalue weighted by atomic mass is 19.1. The monoisotopic (exact) mass is 236 g/mol. The largest absolute Gasteiger partial charge is 0.397 e. The molecule has 0 aromatic heterocycles. The van der Waals surface area contributed by atoms with E-state index in [-0.39, 0.29) is 23.2 Å². The molecule has 1 aliphatic carbocycles. The van der Waals surface area contributed by atoms with E-state index in [4.69, 9.17) is 5.73 Å².